The molecule has 82 valence electrons. The molecule has 15 heavy (non-hydrogen) atoms. The zero-order valence-electron chi connectivity index (χ0n) is 9.11. The molecular weight excluding hydrogens is 190 g/mol. The van der Waals surface area contributed by atoms with Gasteiger partial charge in [-0.2, -0.15) is 0 Å². The van der Waals surface area contributed by atoms with Crippen LogP contribution in [0.5, 0.6) is 0 Å². The van der Waals surface area contributed by atoms with Crippen molar-refractivity contribution in [2.75, 3.05) is 26.8 Å². The predicted molar refractivity (Wildman–Crippen MR) is 59.3 cm³/mol. The fraction of sp³-hybridized carbons (Fsp3) is 0.500. The molecule has 0 aromatic rings. The number of rotatable bonds is 3. The maximum atomic E-state index is 5.65. The molecule has 0 aromatic heterocycles. The molecule has 3 nitrogen and oxygen atoms in total. The second-order valence-corrected chi connectivity index (χ2v) is 3.74. The molecule has 0 spiro atoms. The summed E-state index contributed by atoms with van der Waals surface area (Å²) in [6, 6.07) is 0.371. The van der Waals surface area contributed by atoms with Gasteiger partial charge in [0.1, 0.15) is 18.1 Å². The highest BCUT2D eigenvalue weighted by Gasteiger charge is 2.29. The summed E-state index contributed by atoms with van der Waals surface area (Å²) in [6.07, 6.45) is 7.00. The summed E-state index contributed by atoms with van der Waals surface area (Å²) in [6.45, 7) is 6.43. The zero-order valence-corrected chi connectivity index (χ0v) is 9.11. The largest absolute Gasteiger partial charge is 0.497 e. The topological polar surface area (TPSA) is 21.7 Å². The lowest BCUT2D eigenvalue weighted by atomic mass is 10.0. The van der Waals surface area contributed by atoms with Gasteiger partial charge in [0.05, 0.1) is 13.2 Å². The van der Waals surface area contributed by atoms with E-state index in [-0.39, 0.29) is 0 Å². The van der Waals surface area contributed by atoms with Gasteiger partial charge in [0, 0.05) is 19.2 Å². The summed E-state index contributed by atoms with van der Waals surface area (Å²) in [5.74, 6) is 1.93. The van der Waals surface area contributed by atoms with E-state index in [4.69, 9.17) is 9.47 Å². The lowest BCUT2D eigenvalue weighted by molar-refractivity contribution is 0.0535. The molecule has 1 aliphatic carbocycles. The van der Waals surface area contributed by atoms with Crippen LogP contribution in [0.3, 0.4) is 0 Å². The van der Waals surface area contributed by atoms with Gasteiger partial charge in [-0.05, 0) is 12.5 Å². The molecule has 0 radical (unpaired) electrons. The number of hydrogen-bond donors (Lipinski definition) is 0. The fourth-order valence-electron chi connectivity index (χ4n) is 2.07. The van der Waals surface area contributed by atoms with Gasteiger partial charge in [-0.1, -0.05) is 6.08 Å². The Bertz CT molecular complexity index is 307. The fourth-order valence-corrected chi connectivity index (χ4v) is 2.07. The van der Waals surface area contributed by atoms with E-state index >= 15 is 0 Å². The number of hydrogen-bond acceptors (Lipinski definition) is 3. The molecule has 2 rings (SSSR count). The SMILES string of the molecule is C=CCN1CCOC2=CC(OC)=CCC21. The minimum Gasteiger partial charge on any atom is -0.497 e. The van der Waals surface area contributed by atoms with Crippen LogP contribution >= 0.6 is 0 Å². The molecule has 0 aromatic carbocycles. The van der Waals surface area contributed by atoms with E-state index in [2.05, 4.69) is 17.6 Å². The van der Waals surface area contributed by atoms with Gasteiger partial charge in [0.15, 0.2) is 0 Å². The maximum absolute atomic E-state index is 5.65. The highest BCUT2D eigenvalue weighted by atomic mass is 16.5. The molecule has 3 heteroatoms. The van der Waals surface area contributed by atoms with Gasteiger partial charge in [0.2, 0.25) is 0 Å². The maximum Gasteiger partial charge on any atom is 0.118 e. The van der Waals surface area contributed by atoms with Gasteiger partial charge in [-0.3, -0.25) is 4.90 Å². The summed E-state index contributed by atoms with van der Waals surface area (Å²) in [4.78, 5) is 2.38. The first-order valence-electron chi connectivity index (χ1n) is 5.28. The molecular formula is C12H17NO2. The zero-order chi connectivity index (χ0) is 10.7. The Labute approximate surface area is 90.7 Å². The van der Waals surface area contributed by atoms with E-state index in [1.165, 1.54) is 0 Å². The summed E-state index contributed by atoms with van der Waals surface area (Å²) < 4.78 is 10.9. The van der Waals surface area contributed by atoms with Gasteiger partial charge in [-0.25, -0.2) is 0 Å². The lowest BCUT2D eigenvalue weighted by Crippen LogP contribution is -2.44. The minimum atomic E-state index is 0.371. The summed E-state index contributed by atoms with van der Waals surface area (Å²) in [7, 11) is 1.69. The van der Waals surface area contributed by atoms with E-state index in [9.17, 15) is 0 Å². The van der Waals surface area contributed by atoms with E-state index in [1.54, 1.807) is 7.11 Å². The number of allylic oxidation sites excluding steroid dienone is 1. The van der Waals surface area contributed by atoms with Crippen molar-refractivity contribution in [1.29, 1.82) is 0 Å². The second-order valence-electron chi connectivity index (χ2n) is 3.74. The van der Waals surface area contributed by atoms with Crippen LogP contribution < -0.4 is 0 Å². The Morgan fingerprint density at radius 1 is 1.73 bits per heavy atom. The number of fused-ring (bicyclic) bond motifs is 1. The first kappa shape index (κ1) is 10.3. The normalized spacial score (nSPS) is 25.8. The second kappa shape index (κ2) is 4.53. The monoisotopic (exact) mass is 207 g/mol. The standard InChI is InChI=1S/C12H17NO2/c1-3-6-13-7-8-15-12-9-10(14-2)4-5-11(12)13/h3-4,9,11H,1,5-8H2,2H3. The van der Waals surface area contributed by atoms with Crippen LogP contribution in [-0.2, 0) is 9.47 Å². The Morgan fingerprint density at radius 3 is 3.33 bits per heavy atom. The first-order chi connectivity index (χ1) is 7.35. The third-order valence-corrected chi connectivity index (χ3v) is 2.84. The van der Waals surface area contributed by atoms with Crippen molar-refractivity contribution in [2.45, 2.75) is 12.5 Å². The Hall–Kier alpha value is -1.22. The third-order valence-electron chi connectivity index (χ3n) is 2.84. The summed E-state index contributed by atoms with van der Waals surface area (Å²) in [5.41, 5.74) is 0. The predicted octanol–water partition coefficient (Wildman–Crippen LogP) is 1.69. The van der Waals surface area contributed by atoms with E-state index in [0.717, 1.165) is 37.6 Å². The molecule has 1 unspecified atom stereocenters. The van der Waals surface area contributed by atoms with Crippen molar-refractivity contribution in [3.8, 4) is 0 Å². The lowest BCUT2D eigenvalue weighted by Gasteiger charge is -2.37. The number of morpholine rings is 1. The van der Waals surface area contributed by atoms with Crippen LogP contribution in [0.1, 0.15) is 6.42 Å². The Kier molecular flexibility index (Phi) is 3.11. The van der Waals surface area contributed by atoms with Crippen LogP contribution in [0.25, 0.3) is 0 Å². The van der Waals surface area contributed by atoms with E-state index in [0.29, 0.717) is 6.04 Å². The third kappa shape index (κ3) is 2.07. The van der Waals surface area contributed by atoms with Gasteiger partial charge in [0.25, 0.3) is 0 Å². The number of ether oxygens (including phenoxy) is 2. The van der Waals surface area contributed by atoms with E-state index in [1.807, 2.05) is 12.2 Å². The van der Waals surface area contributed by atoms with Crippen LogP contribution in [0, 0.1) is 0 Å². The van der Waals surface area contributed by atoms with Gasteiger partial charge >= 0.3 is 0 Å². The average Bonchev–Trinajstić information content (AvgIpc) is 2.29. The summed E-state index contributed by atoms with van der Waals surface area (Å²) in [5, 5.41) is 0. The van der Waals surface area contributed by atoms with Crippen molar-refractivity contribution in [3.05, 3.63) is 36.3 Å². The van der Waals surface area contributed by atoms with Crippen molar-refractivity contribution in [1.82, 2.24) is 4.90 Å². The molecule has 1 aliphatic heterocycles. The highest BCUT2D eigenvalue weighted by molar-refractivity contribution is 5.26. The molecule has 1 fully saturated rings. The van der Waals surface area contributed by atoms with Crippen LogP contribution in [0.4, 0.5) is 0 Å². The van der Waals surface area contributed by atoms with Crippen LogP contribution in [0.2, 0.25) is 0 Å². The molecule has 1 atom stereocenters. The van der Waals surface area contributed by atoms with E-state index < -0.39 is 0 Å². The average molecular weight is 207 g/mol. The molecule has 0 amide bonds. The highest BCUT2D eigenvalue weighted by Crippen LogP contribution is 2.26. The Balaban J connectivity index is 2.11. The van der Waals surface area contributed by atoms with Crippen LogP contribution in [-0.4, -0.2) is 37.7 Å². The smallest absolute Gasteiger partial charge is 0.118 e. The van der Waals surface area contributed by atoms with Crippen molar-refractivity contribution in [3.63, 3.8) is 0 Å². The minimum absolute atomic E-state index is 0.371. The number of nitrogens with zero attached hydrogens (tertiary/aromatic N) is 1. The molecule has 0 bridgehead atoms. The van der Waals surface area contributed by atoms with Crippen molar-refractivity contribution < 1.29 is 9.47 Å². The van der Waals surface area contributed by atoms with Crippen LogP contribution in [0.15, 0.2) is 36.3 Å². The quantitative estimate of drug-likeness (QED) is 0.657. The molecule has 0 N–H and O–H groups in total. The first-order valence-corrected chi connectivity index (χ1v) is 5.28. The van der Waals surface area contributed by atoms with Crippen molar-refractivity contribution in [2.24, 2.45) is 0 Å². The summed E-state index contributed by atoms with van der Waals surface area (Å²) >= 11 is 0. The van der Waals surface area contributed by atoms with Gasteiger partial charge in [-0.15, -0.1) is 6.58 Å². The number of methoxy groups -OCH3 is 1. The van der Waals surface area contributed by atoms with Crippen molar-refractivity contribution >= 4 is 0 Å². The van der Waals surface area contributed by atoms with Gasteiger partial charge < -0.3 is 9.47 Å². The molecule has 1 heterocycles. The molecule has 2 aliphatic rings. The Morgan fingerprint density at radius 2 is 2.60 bits per heavy atom. The molecule has 0 saturated carbocycles. The molecule has 1 saturated heterocycles.